The first-order valence-corrected chi connectivity index (χ1v) is 8.62. The van der Waals surface area contributed by atoms with Gasteiger partial charge in [-0.2, -0.15) is 0 Å². The van der Waals surface area contributed by atoms with E-state index in [1.54, 1.807) is 32.0 Å². The summed E-state index contributed by atoms with van der Waals surface area (Å²) in [7, 11) is -2.86. The van der Waals surface area contributed by atoms with Crippen molar-refractivity contribution in [1.29, 1.82) is 0 Å². The average molecular weight is 351 g/mol. The Labute approximate surface area is 140 Å². The molecule has 0 aliphatic heterocycles. The van der Waals surface area contributed by atoms with Gasteiger partial charge in [-0.15, -0.1) is 0 Å². The Kier molecular flexibility index (Phi) is 5.23. The van der Waals surface area contributed by atoms with E-state index < -0.39 is 28.4 Å². The number of benzene rings is 2. The molecule has 2 aromatic rings. The summed E-state index contributed by atoms with van der Waals surface area (Å²) in [4.78, 5) is 11.7. The molecule has 0 saturated carbocycles. The van der Waals surface area contributed by atoms with E-state index in [0.717, 1.165) is 16.4 Å². The van der Waals surface area contributed by atoms with Crippen LogP contribution in [0.25, 0.3) is 0 Å². The maximum atomic E-state index is 13.1. The number of methoxy groups -OCH3 is 1. The fourth-order valence-electron chi connectivity index (χ4n) is 2.40. The maximum Gasteiger partial charge on any atom is 0.326 e. The van der Waals surface area contributed by atoms with Gasteiger partial charge >= 0.3 is 5.97 Å². The number of hydrogen-bond donors (Lipinski definition) is 0. The van der Waals surface area contributed by atoms with E-state index in [0.29, 0.717) is 16.8 Å². The summed E-state index contributed by atoms with van der Waals surface area (Å²) in [5.74, 6) is -1.23. The van der Waals surface area contributed by atoms with Crippen LogP contribution in [0.3, 0.4) is 0 Å². The number of nitrogens with zero attached hydrogens (tertiary/aromatic N) is 1. The fraction of sp³-hybridized carbons (Fsp3) is 0.235. The summed E-state index contributed by atoms with van der Waals surface area (Å²) in [5, 5.41) is 0. The second kappa shape index (κ2) is 7.00. The lowest BCUT2D eigenvalue weighted by Crippen LogP contribution is -2.37. The van der Waals surface area contributed by atoms with E-state index >= 15 is 0 Å². The summed E-state index contributed by atoms with van der Waals surface area (Å²) in [6.45, 7) is 3.04. The number of carbonyl (C=O) groups excluding carboxylic acids is 1. The molecule has 5 nitrogen and oxygen atoms in total. The molecule has 0 aromatic heterocycles. The van der Waals surface area contributed by atoms with Crippen molar-refractivity contribution in [3.05, 3.63) is 59.4 Å². The molecule has 2 aromatic carbocycles. The van der Waals surface area contributed by atoms with Gasteiger partial charge in [0.25, 0.3) is 10.0 Å². The molecular formula is C17H18FNO4S. The summed E-state index contributed by atoms with van der Waals surface area (Å²) in [6, 6.07) is 9.78. The number of sulfonamides is 1. The molecular weight excluding hydrogens is 333 g/mol. The van der Waals surface area contributed by atoms with Crippen LogP contribution < -0.4 is 4.31 Å². The SMILES string of the molecule is COC(=O)CN(c1c(C)cccc1C)S(=O)(=O)c1ccc(F)cc1. The summed E-state index contributed by atoms with van der Waals surface area (Å²) < 4.78 is 44.7. The molecule has 0 bridgehead atoms. The van der Waals surface area contributed by atoms with Gasteiger partial charge in [0.15, 0.2) is 0 Å². The van der Waals surface area contributed by atoms with Crippen molar-refractivity contribution >= 4 is 21.7 Å². The highest BCUT2D eigenvalue weighted by Crippen LogP contribution is 2.30. The number of halogens is 1. The van der Waals surface area contributed by atoms with Gasteiger partial charge in [-0.3, -0.25) is 9.10 Å². The normalized spacial score (nSPS) is 11.2. The smallest absolute Gasteiger partial charge is 0.326 e. The van der Waals surface area contributed by atoms with Gasteiger partial charge in [-0.25, -0.2) is 12.8 Å². The van der Waals surface area contributed by atoms with Crippen LogP contribution >= 0.6 is 0 Å². The monoisotopic (exact) mass is 351 g/mol. The van der Waals surface area contributed by atoms with Crippen LogP contribution in [0.5, 0.6) is 0 Å². The zero-order valence-corrected chi connectivity index (χ0v) is 14.4. The number of hydrogen-bond acceptors (Lipinski definition) is 4. The maximum absolute atomic E-state index is 13.1. The molecule has 0 aliphatic rings. The van der Waals surface area contributed by atoms with Crippen molar-refractivity contribution in [3.8, 4) is 0 Å². The minimum Gasteiger partial charge on any atom is -0.468 e. The number of aryl methyl sites for hydroxylation is 2. The number of rotatable bonds is 5. The minimum atomic E-state index is -4.06. The largest absolute Gasteiger partial charge is 0.468 e. The van der Waals surface area contributed by atoms with E-state index in [4.69, 9.17) is 0 Å². The Morgan fingerprint density at radius 2 is 1.62 bits per heavy atom. The van der Waals surface area contributed by atoms with Crippen molar-refractivity contribution in [1.82, 2.24) is 0 Å². The predicted molar refractivity (Wildman–Crippen MR) is 88.9 cm³/mol. The molecule has 128 valence electrons. The summed E-state index contributed by atoms with van der Waals surface area (Å²) in [5.41, 5.74) is 1.81. The molecule has 0 radical (unpaired) electrons. The highest BCUT2D eigenvalue weighted by Gasteiger charge is 2.29. The van der Waals surface area contributed by atoms with Gasteiger partial charge in [-0.05, 0) is 49.2 Å². The van der Waals surface area contributed by atoms with E-state index in [9.17, 15) is 17.6 Å². The van der Waals surface area contributed by atoms with Crippen molar-refractivity contribution in [2.24, 2.45) is 0 Å². The Morgan fingerprint density at radius 1 is 1.08 bits per heavy atom. The third-order valence-electron chi connectivity index (χ3n) is 3.59. The molecule has 7 heteroatoms. The molecule has 0 atom stereocenters. The molecule has 2 rings (SSSR count). The third-order valence-corrected chi connectivity index (χ3v) is 5.35. The fourth-order valence-corrected chi connectivity index (χ4v) is 3.94. The van der Waals surface area contributed by atoms with E-state index in [-0.39, 0.29) is 4.90 Å². The molecule has 0 unspecified atom stereocenters. The predicted octanol–water partition coefficient (Wildman–Crippen LogP) is 2.81. The average Bonchev–Trinajstić information content (AvgIpc) is 2.53. The van der Waals surface area contributed by atoms with Gasteiger partial charge in [0.1, 0.15) is 12.4 Å². The van der Waals surface area contributed by atoms with Gasteiger partial charge < -0.3 is 4.74 Å². The number of anilines is 1. The Balaban J connectivity index is 2.62. The second-order valence-electron chi connectivity index (χ2n) is 5.28. The third kappa shape index (κ3) is 3.56. The Hall–Kier alpha value is -2.41. The first-order chi connectivity index (χ1) is 11.3. The van der Waals surface area contributed by atoms with Crippen LogP contribution in [-0.2, 0) is 19.6 Å². The second-order valence-corrected chi connectivity index (χ2v) is 7.14. The van der Waals surface area contributed by atoms with E-state index in [1.807, 2.05) is 0 Å². The molecule has 0 amide bonds. The molecule has 24 heavy (non-hydrogen) atoms. The van der Waals surface area contributed by atoms with Gasteiger partial charge in [0.05, 0.1) is 17.7 Å². The molecule has 0 saturated heterocycles. The number of ether oxygens (including phenoxy) is 1. The minimum absolute atomic E-state index is 0.101. The van der Waals surface area contributed by atoms with Gasteiger partial charge in [-0.1, -0.05) is 18.2 Å². The zero-order chi connectivity index (χ0) is 17.9. The van der Waals surface area contributed by atoms with Crippen molar-refractivity contribution < 1.29 is 22.3 Å². The van der Waals surface area contributed by atoms with Crippen molar-refractivity contribution in [2.45, 2.75) is 18.7 Å². The lowest BCUT2D eigenvalue weighted by molar-refractivity contribution is -0.138. The molecule has 0 aliphatic carbocycles. The quantitative estimate of drug-likeness (QED) is 0.777. The first kappa shape index (κ1) is 17.9. The highest BCUT2D eigenvalue weighted by molar-refractivity contribution is 7.92. The Bertz CT molecular complexity index is 827. The van der Waals surface area contributed by atoms with Crippen LogP contribution in [0.15, 0.2) is 47.4 Å². The lowest BCUT2D eigenvalue weighted by Gasteiger charge is -2.26. The topological polar surface area (TPSA) is 63.7 Å². The highest BCUT2D eigenvalue weighted by atomic mass is 32.2. The van der Waals surface area contributed by atoms with Gasteiger partial charge in [0.2, 0.25) is 0 Å². The molecule has 0 spiro atoms. The first-order valence-electron chi connectivity index (χ1n) is 7.18. The number of esters is 1. The van der Waals surface area contributed by atoms with Crippen LogP contribution in [-0.4, -0.2) is 28.0 Å². The van der Waals surface area contributed by atoms with Crippen molar-refractivity contribution in [3.63, 3.8) is 0 Å². The molecule has 0 fully saturated rings. The van der Waals surface area contributed by atoms with Crippen molar-refractivity contribution in [2.75, 3.05) is 18.0 Å². The molecule has 0 N–H and O–H groups in total. The van der Waals surface area contributed by atoms with E-state index in [2.05, 4.69) is 4.74 Å². The standard InChI is InChI=1S/C17H18FNO4S/c1-12-5-4-6-13(2)17(12)19(11-16(20)23-3)24(21,22)15-9-7-14(18)8-10-15/h4-10H,11H2,1-3H3. The summed E-state index contributed by atoms with van der Waals surface area (Å²) >= 11 is 0. The number of para-hydroxylation sites is 1. The van der Waals surface area contributed by atoms with Crippen LogP contribution in [0, 0.1) is 19.7 Å². The summed E-state index contributed by atoms with van der Waals surface area (Å²) in [6.07, 6.45) is 0. The van der Waals surface area contributed by atoms with Gasteiger partial charge in [0, 0.05) is 0 Å². The molecule has 0 heterocycles. The number of carbonyl (C=O) groups is 1. The van der Waals surface area contributed by atoms with Crippen LogP contribution in [0.1, 0.15) is 11.1 Å². The lowest BCUT2D eigenvalue weighted by atomic mass is 10.1. The Morgan fingerprint density at radius 3 is 2.12 bits per heavy atom. The van der Waals surface area contributed by atoms with Crippen LogP contribution in [0.2, 0.25) is 0 Å². The van der Waals surface area contributed by atoms with E-state index in [1.165, 1.54) is 19.2 Å². The zero-order valence-electron chi connectivity index (χ0n) is 13.6. The van der Waals surface area contributed by atoms with Crippen LogP contribution in [0.4, 0.5) is 10.1 Å².